The Morgan fingerprint density at radius 2 is 1.52 bits per heavy atom. The summed E-state index contributed by atoms with van der Waals surface area (Å²) in [5, 5.41) is 24.5. The quantitative estimate of drug-likeness (QED) is 0.0535. The monoisotopic (exact) mass is 892 g/mol. The highest BCUT2D eigenvalue weighted by atomic mass is 32.1. The number of nitrogens with zero attached hydrogens (tertiary/aromatic N) is 4. The Kier molecular flexibility index (Phi) is 16.3. The summed E-state index contributed by atoms with van der Waals surface area (Å²) < 4.78 is 0. The predicted molar refractivity (Wildman–Crippen MR) is 246 cm³/mol. The van der Waals surface area contributed by atoms with E-state index in [1.807, 2.05) is 81.1 Å². The van der Waals surface area contributed by atoms with Gasteiger partial charge in [0.15, 0.2) is 5.13 Å². The molecule has 5 amide bonds. The first-order chi connectivity index (χ1) is 30.3. The summed E-state index contributed by atoms with van der Waals surface area (Å²) in [6, 6.07) is 18.2. The van der Waals surface area contributed by atoms with Crippen LogP contribution in [0.5, 0.6) is 0 Å². The van der Waals surface area contributed by atoms with Crippen molar-refractivity contribution < 1.29 is 29.1 Å². The van der Waals surface area contributed by atoms with Crippen molar-refractivity contribution in [2.45, 2.75) is 104 Å². The van der Waals surface area contributed by atoms with Crippen molar-refractivity contribution in [1.82, 2.24) is 35.8 Å². The highest BCUT2D eigenvalue weighted by molar-refractivity contribution is 7.14. The average Bonchev–Trinajstić information content (AvgIpc) is 4.04. The summed E-state index contributed by atoms with van der Waals surface area (Å²) >= 11 is 2.89. The van der Waals surface area contributed by atoms with Crippen LogP contribution in [0.15, 0.2) is 83.8 Å². The molecule has 0 spiro atoms. The number of hydrogen-bond donors (Lipinski definition) is 5. The number of hydrogen-bond acceptors (Lipinski definition) is 11. The molecule has 14 nitrogen and oxygen atoms in total. The number of aliphatic hydroxyl groups excluding tert-OH is 1. The highest BCUT2D eigenvalue weighted by Crippen LogP contribution is 2.29. The first kappa shape index (κ1) is 46.7. The number of β-amino-alcohol motifs (C(OH)–C–C–N with tert-alkyl or cyclic N) is 1. The number of aromatic nitrogens is 3. The lowest BCUT2D eigenvalue weighted by atomic mass is 9.85. The lowest BCUT2D eigenvalue weighted by Gasteiger charge is -2.35. The van der Waals surface area contributed by atoms with Gasteiger partial charge in [0, 0.05) is 55.2 Å². The molecule has 6 rings (SSSR count). The Hall–Kier alpha value is -5.84. The number of anilines is 1. The molecule has 3 atom stereocenters. The first-order valence-corrected chi connectivity index (χ1v) is 23.1. The Morgan fingerprint density at radius 1 is 0.825 bits per heavy atom. The van der Waals surface area contributed by atoms with E-state index in [1.165, 1.54) is 16.2 Å². The fourth-order valence-electron chi connectivity index (χ4n) is 7.34. The third-order valence-electron chi connectivity index (χ3n) is 10.9. The van der Waals surface area contributed by atoms with E-state index in [2.05, 4.69) is 36.2 Å². The Labute approximate surface area is 376 Å². The van der Waals surface area contributed by atoms with Gasteiger partial charge in [-0.25, -0.2) is 9.97 Å². The van der Waals surface area contributed by atoms with Gasteiger partial charge in [-0.3, -0.25) is 34.3 Å². The smallest absolute Gasteiger partial charge is 0.257 e. The summed E-state index contributed by atoms with van der Waals surface area (Å²) in [6.45, 7) is 8.40. The number of likely N-dealkylation sites (tertiary alicyclic amines) is 1. The molecule has 5 N–H and O–H groups in total. The number of carbonyl (C=O) groups is 5. The molecule has 0 unspecified atom stereocenters. The van der Waals surface area contributed by atoms with Crippen LogP contribution >= 0.6 is 22.7 Å². The largest absolute Gasteiger partial charge is 0.391 e. The van der Waals surface area contributed by atoms with E-state index >= 15 is 0 Å². The number of benzene rings is 2. The van der Waals surface area contributed by atoms with E-state index in [-0.39, 0.29) is 55.5 Å². The minimum Gasteiger partial charge on any atom is -0.391 e. The van der Waals surface area contributed by atoms with Gasteiger partial charge in [0.2, 0.25) is 17.7 Å². The van der Waals surface area contributed by atoms with Crippen molar-refractivity contribution in [3.63, 3.8) is 0 Å². The maximum atomic E-state index is 14.0. The van der Waals surface area contributed by atoms with Crippen LogP contribution in [0, 0.1) is 12.3 Å². The van der Waals surface area contributed by atoms with Crippen molar-refractivity contribution in [3.8, 4) is 21.8 Å². The molecule has 1 aliphatic heterocycles. The second kappa shape index (κ2) is 22.0. The topological polar surface area (TPSA) is 196 Å². The maximum absolute atomic E-state index is 14.0. The van der Waals surface area contributed by atoms with Gasteiger partial charge in [-0.2, -0.15) is 0 Å². The summed E-state index contributed by atoms with van der Waals surface area (Å²) in [6.07, 6.45) is 6.34. The van der Waals surface area contributed by atoms with Gasteiger partial charge in [0.1, 0.15) is 17.8 Å². The van der Waals surface area contributed by atoms with Crippen LogP contribution < -0.4 is 21.3 Å². The summed E-state index contributed by atoms with van der Waals surface area (Å²) in [5.74, 6) is -1.48. The van der Waals surface area contributed by atoms with Gasteiger partial charge in [-0.1, -0.05) is 76.8 Å². The number of aryl methyl sites for hydroxylation is 1. The number of pyridine rings is 1. The normalized spacial score (nSPS) is 15.4. The molecule has 63 heavy (non-hydrogen) atoms. The van der Waals surface area contributed by atoms with E-state index in [9.17, 15) is 29.1 Å². The maximum Gasteiger partial charge on any atom is 0.257 e. The lowest BCUT2D eigenvalue weighted by Crippen LogP contribution is -2.57. The van der Waals surface area contributed by atoms with E-state index in [0.29, 0.717) is 34.9 Å². The molecule has 1 aliphatic rings. The average molecular weight is 893 g/mol. The summed E-state index contributed by atoms with van der Waals surface area (Å²) in [7, 11) is 0. The Balaban J connectivity index is 0.855. The van der Waals surface area contributed by atoms with Gasteiger partial charge in [0.05, 0.1) is 27.9 Å². The van der Waals surface area contributed by atoms with Gasteiger partial charge >= 0.3 is 0 Å². The molecular formula is C47H56N8O6S2. The zero-order valence-electron chi connectivity index (χ0n) is 36.2. The van der Waals surface area contributed by atoms with Crippen molar-refractivity contribution in [2.75, 3.05) is 18.4 Å². The van der Waals surface area contributed by atoms with Gasteiger partial charge in [-0.05, 0) is 72.7 Å². The zero-order chi connectivity index (χ0) is 44.9. The first-order valence-electron chi connectivity index (χ1n) is 21.4. The van der Waals surface area contributed by atoms with Crippen molar-refractivity contribution in [3.05, 3.63) is 106 Å². The van der Waals surface area contributed by atoms with E-state index in [1.54, 1.807) is 41.8 Å². The van der Waals surface area contributed by atoms with Crippen molar-refractivity contribution in [2.24, 2.45) is 5.41 Å². The molecular weight excluding hydrogens is 837 g/mol. The molecule has 5 aromatic rings. The van der Waals surface area contributed by atoms with Gasteiger partial charge < -0.3 is 26.0 Å². The van der Waals surface area contributed by atoms with E-state index in [4.69, 9.17) is 0 Å². The molecule has 2 aromatic carbocycles. The number of amides is 5. The van der Waals surface area contributed by atoms with Crippen molar-refractivity contribution in [1.29, 1.82) is 0 Å². The van der Waals surface area contributed by atoms with E-state index in [0.717, 1.165) is 59.5 Å². The second-order valence-electron chi connectivity index (χ2n) is 16.9. The van der Waals surface area contributed by atoms with Crippen LogP contribution in [0.2, 0.25) is 0 Å². The molecule has 0 saturated carbocycles. The molecule has 0 bridgehead atoms. The lowest BCUT2D eigenvalue weighted by molar-refractivity contribution is -0.144. The second-order valence-corrected chi connectivity index (χ2v) is 18.6. The fraction of sp³-hybridized carbons (Fsp3) is 0.404. The van der Waals surface area contributed by atoms with Gasteiger partial charge in [0.25, 0.3) is 11.8 Å². The SMILES string of the molecule is Cc1ncsc1-c1ccc(CNC(=O)[C@@H]2C[C@@H](O)CN2C(=O)[C@@H](NC(=O)CCCCCCCCNC(=O)c2ccc(C(=O)Nc3nc(-c4ccccn4)cs3)cc2)C(C)(C)C)cc1. The number of aliphatic hydroxyl groups is 1. The number of rotatable bonds is 19. The molecule has 332 valence electrons. The van der Waals surface area contributed by atoms with Crippen LogP contribution in [0.4, 0.5) is 5.13 Å². The minimum atomic E-state index is -0.873. The number of carbonyl (C=O) groups excluding carboxylic acids is 5. The molecule has 3 aromatic heterocycles. The minimum absolute atomic E-state index is 0.0175. The fourth-order valence-corrected chi connectivity index (χ4v) is 8.85. The van der Waals surface area contributed by atoms with Crippen LogP contribution in [-0.2, 0) is 20.9 Å². The molecule has 1 saturated heterocycles. The van der Waals surface area contributed by atoms with Crippen LogP contribution in [0.1, 0.15) is 104 Å². The summed E-state index contributed by atoms with van der Waals surface area (Å²) in [5.41, 5.74) is 6.40. The number of thiazole rings is 2. The molecule has 4 heterocycles. The Morgan fingerprint density at radius 3 is 2.19 bits per heavy atom. The number of unbranched alkanes of at least 4 members (excludes halogenated alkanes) is 5. The third-order valence-corrected chi connectivity index (χ3v) is 12.6. The zero-order valence-corrected chi connectivity index (χ0v) is 37.8. The molecule has 1 fully saturated rings. The molecule has 0 aliphatic carbocycles. The van der Waals surface area contributed by atoms with Crippen LogP contribution in [-0.4, -0.2) is 85.8 Å². The predicted octanol–water partition coefficient (Wildman–Crippen LogP) is 7.16. The highest BCUT2D eigenvalue weighted by Gasteiger charge is 2.44. The van der Waals surface area contributed by atoms with Crippen LogP contribution in [0.25, 0.3) is 21.8 Å². The van der Waals surface area contributed by atoms with Crippen molar-refractivity contribution >= 4 is 57.3 Å². The molecule has 0 radical (unpaired) electrons. The Bertz CT molecular complexity index is 2330. The third kappa shape index (κ3) is 13.1. The standard InChI is InChI=1S/C47H56N8O6S2/c1-30-40(63-29-51-30)32-17-15-31(16-18-32)26-50-44(60)38-25-35(56)27-55(38)45(61)41(47(2,3)4)53-39(57)14-9-7-5-6-8-11-24-49-42(58)33-19-21-34(22-20-33)43(59)54-46-52-37(28-62-46)36-13-10-12-23-48-36/h10,12-13,15-23,28-29,35,38,41,56H,5-9,11,14,24-27H2,1-4H3,(H,49,58)(H,50,60)(H,53,57)(H,52,54,59)/t35-,38+,41-/m1/s1. The van der Waals surface area contributed by atoms with E-state index < -0.39 is 23.6 Å². The number of nitrogens with one attached hydrogen (secondary N) is 4. The molecule has 16 heteroatoms. The summed E-state index contributed by atoms with van der Waals surface area (Å²) in [4.78, 5) is 81.5. The van der Waals surface area contributed by atoms with Crippen LogP contribution in [0.3, 0.4) is 0 Å². The van der Waals surface area contributed by atoms with Gasteiger partial charge in [-0.15, -0.1) is 22.7 Å².